The van der Waals surface area contributed by atoms with Crippen molar-refractivity contribution in [3.8, 4) is 0 Å². The van der Waals surface area contributed by atoms with Crippen LogP contribution in [0.4, 0.5) is 0 Å². The van der Waals surface area contributed by atoms with Crippen LogP contribution in [-0.2, 0) is 7.05 Å². The SMILES string of the molecule is Cn1ccc2[c]cc(Cl)nc21. The van der Waals surface area contributed by atoms with Crippen LogP contribution in [0.3, 0.4) is 0 Å². The molecule has 0 aliphatic rings. The van der Waals surface area contributed by atoms with Gasteiger partial charge in [-0.3, -0.25) is 0 Å². The molecule has 2 aromatic heterocycles. The molecule has 2 rings (SSSR count). The van der Waals surface area contributed by atoms with Crippen molar-refractivity contribution in [1.82, 2.24) is 9.55 Å². The Kier molecular flexibility index (Phi) is 1.36. The molecule has 0 fully saturated rings. The molecular weight excluding hydrogens is 160 g/mol. The number of hydrogen-bond donors (Lipinski definition) is 0. The average Bonchev–Trinajstić information content (AvgIpc) is 2.33. The maximum Gasteiger partial charge on any atom is 0.142 e. The van der Waals surface area contributed by atoms with E-state index in [0.29, 0.717) is 5.15 Å². The third-order valence-corrected chi connectivity index (χ3v) is 1.79. The van der Waals surface area contributed by atoms with E-state index in [1.54, 1.807) is 6.07 Å². The lowest BCUT2D eigenvalue weighted by atomic mass is 10.3. The van der Waals surface area contributed by atoms with Gasteiger partial charge in [0, 0.05) is 18.6 Å². The summed E-state index contributed by atoms with van der Waals surface area (Å²) in [6, 6.07) is 6.65. The van der Waals surface area contributed by atoms with Gasteiger partial charge < -0.3 is 4.57 Å². The van der Waals surface area contributed by atoms with E-state index >= 15 is 0 Å². The Hall–Kier alpha value is -1.02. The van der Waals surface area contributed by atoms with Gasteiger partial charge in [-0.25, -0.2) is 4.98 Å². The highest BCUT2D eigenvalue weighted by atomic mass is 35.5. The molecule has 0 atom stereocenters. The topological polar surface area (TPSA) is 17.8 Å². The summed E-state index contributed by atoms with van der Waals surface area (Å²) < 4.78 is 1.91. The number of fused-ring (bicyclic) bond motifs is 1. The van der Waals surface area contributed by atoms with E-state index in [0.717, 1.165) is 11.0 Å². The fourth-order valence-electron chi connectivity index (χ4n) is 1.04. The summed E-state index contributed by atoms with van der Waals surface area (Å²) in [5.41, 5.74) is 0.873. The van der Waals surface area contributed by atoms with Crippen molar-refractivity contribution in [1.29, 1.82) is 0 Å². The molecule has 0 N–H and O–H groups in total. The van der Waals surface area contributed by atoms with Crippen molar-refractivity contribution in [2.24, 2.45) is 7.05 Å². The largest absolute Gasteiger partial charge is 0.336 e. The molecule has 2 aromatic rings. The highest BCUT2D eigenvalue weighted by Crippen LogP contribution is 2.14. The average molecular weight is 166 g/mol. The van der Waals surface area contributed by atoms with E-state index in [1.807, 2.05) is 23.9 Å². The van der Waals surface area contributed by atoms with E-state index in [-0.39, 0.29) is 0 Å². The zero-order valence-electron chi connectivity index (χ0n) is 6.00. The van der Waals surface area contributed by atoms with E-state index in [2.05, 4.69) is 11.1 Å². The summed E-state index contributed by atoms with van der Waals surface area (Å²) in [6.07, 6.45) is 1.94. The second-order valence-electron chi connectivity index (χ2n) is 2.39. The van der Waals surface area contributed by atoms with Crippen molar-refractivity contribution in [3.05, 3.63) is 29.5 Å². The third-order valence-electron chi connectivity index (χ3n) is 1.60. The molecule has 0 spiro atoms. The van der Waals surface area contributed by atoms with Crippen molar-refractivity contribution in [3.63, 3.8) is 0 Å². The monoisotopic (exact) mass is 165 g/mol. The van der Waals surface area contributed by atoms with Crippen LogP contribution in [0.1, 0.15) is 0 Å². The Bertz CT molecular complexity index is 392. The molecule has 0 aromatic carbocycles. The minimum Gasteiger partial charge on any atom is -0.336 e. The van der Waals surface area contributed by atoms with Gasteiger partial charge in [0.25, 0.3) is 0 Å². The Morgan fingerprint density at radius 3 is 3.27 bits per heavy atom. The van der Waals surface area contributed by atoms with Gasteiger partial charge >= 0.3 is 0 Å². The molecule has 55 valence electrons. The van der Waals surface area contributed by atoms with Crippen LogP contribution in [0.25, 0.3) is 11.0 Å². The van der Waals surface area contributed by atoms with Crippen molar-refractivity contribution < 1.29 is 0 Å². The van der Waals surface area contributed by atoms with E-state index < -0.39 is 0 Å². The summed E-state index contributed by atoms with van der Waals surface area (Å²) in [6.45, 7) is 0. The lowest BCUT2D eigenvalue weighted by molar-refractivity contribution is 0.948. The minimum absolute atomic E-state index is 0.485. The molecule has 0 saturated heterocycles. The van der Waals surface area contributed by atoms with Gasteiger partial charge in [-0.05, 0) is 18.2 Å². The lowest BCUT2D eigenvalue weighted by Crippen LogP contribution is -1.87. The second kappa shape index (κ2) is 2.24. The molecule has 3 heteroatoms. The maximum absolute atomic E-state index is 5.69. The van der Waals surface area contributed by atoms with Crippen LogP contribution in [0, 0.1) is 6.07 Å². The number of hydrogen-bond acceptors (Lipinski definition) is 1. The Morgan fingerprint density at radius 2 is 2.45 bits per heavy atom. The molecule has 0 unspecified atom stereocenters. The zero-order valence-corrected chi connectivity index (χ0v) is 6.76. The first-order chi connectivity index (χ1) is 5.27. The molecule has 2 heterocycles. The Labute approximate surface area is 69.4 Å². The highest BCUT2D eigenvalue weighted by Gasteiger charge is 1.98. The number of aromatic nitrogens is 2. The normalized spacial score (nSPS) is 10.7. The van der Waals surface area contributed by atoms with Gasteiger partial charge in [-0.2, -0.15) is 0 Å². The van der Waals surface area contributed by atoms with E-state index in [1.165, 1.54) is 0 Å². The first-order valence-electron chi connectivity index (χ1n) is 3.26. The van der Waals surface area contributed by atoms with Crippen LogP contribution in [0.15, 0.2) is 18.3 Å². The molecule has 0 aliphatic heterocycles. The fourth-order valence-corrected chi connectivity index (χ4v) is 1.18. The van der Waals surface area contributed by atoms with Crippen molar-refractivity contribution >= 4 is 22.6 Å². The Morgan fingerprint density at radius 1 is 1.64 bits per heavy atom. The predicted molar refractivity (Wildman–Crippen MR) is 44.6 cm³/mol. The lowest BCUT2D eigenvalue weighted by Gasteiger charge is -1.93. The maximum atomic E-state index is 5.69. The number of halogens is 1. The molecule has 11 heavy (non-hydrogen) atoms. The molecule has 0 aliphatic carbocycles. The third kappa shape index (κ3) is 0.994. The zero-order chi connectivity index (χ0) is 7.84. The molecule has 2 nitrogen and oxygen atoms in total. The Balaban J connectivity index is 2.87. The molecular formula is C8H6ClN2. The summed E-state index contributed by atoms with van der Waals surface area (Å²) in [5, 5.41) is 1.48. The van der Waals surface area contributed by atoms with Crippen LogP contribution in [0.2, 0.25) is 5.15 Å². The van der Waals surface area contributed by atoms with Gasteiger partial charge in [0.05, 0.1) is 0 Å². The molecule has 0 bridgehead atoms. The van der Waals surface area contributed by atoms with Crippen LogP contribution in [-0.4, -0.2) is 9.55 Å². The smallest absolute Gasteiger partial charge is 0.142 e. The molecule has 1 radical (unpaired) electrons. The van der Waals surface area contributed by atoms with E-state index in [9.17, 15) is 0 Å². The summed E-state index contributed by atoms with van der Waals surface area (Å²) in [4.78, 5) is 4.13. The quantitative estimate of drug-likeness (QED) is 0.547. The highest BCUT2D eigenvalue weighted by molar-refractivity contribution is 6.29. The van der Waals surface area contributed by atoms with Gasteiger partial charge in [-0.15, -0.1) is 0 Å². The number of rotatable bonds is 0. The summed E-state index contributed by atoms with van der Waals surface area (Å²) >= 11 is 5.69. The predicted octanol–water partition coefficient (Wildman–Crippen LogP) is 2.03. The van der Waals surface area contributed by atoms with Crippen molar-refractivity contribution in [2.75, 3.05) is 0 Å². The molecule has 0 saturated carbocycles. The van der Waals surface area contributed by atoms with Gasteiger partial charge in [0.1, 0.15) is 10.8 Å². The number of pyridine rings is 1. The van der Waals surface area contributed by atoms with Crippen molar-refractivity contribution in [2.45, 2.75) is 0 Å². The first kappa shape index (κ1) is 6.68. The number of aryl methyl sites for hydroxylation is 1. The fraction of sp³-hybridized carbons (Fsp3) is 0.125. The minimum atomic E-state index is 0.485. The first-order valence-corrected chi connectivity index (χ1v) is 3.64. The van der Waals surface area contributed by atoms with Gasteiger partial charge in [0.2, 0.25) is 0 Å². The van der Waals surface area contributed by atoms with Crippen LogP contribution in [0.5, 0.6) is 0 Å². The number of nitrogens with zero attached hydrogens (tertiary/aromatic N) is 2. The molecule has 0 amide bonds. The van der Waals surface area contributed by atoms with Gasteiger partial charge in [-0.1, -0.05) is 11.6 Å². The summed E-state index contributed by atoms with van der Waals surface area (Å²) in [5.74, 6) is 0. The standard InChI is InChI=1S/C8H6ClN2/c1-11-5-4-6-2-3-7(9)10-8(6)11/h3-5H,1H3. The van der Waals surface area contributed by atoms with Crippen LogP contribution < -0.4 is 0 Å². The second-order valence-corrected chi connectivity index (χ2v) is 2.77. The van der Waals surface area contributed by atoms with E-state index in [4.69, 9.17) is 11.6 Å². The summed E-state index contributed by atoms with van der Waals surface area (Å²) in [7, 11) is 1.93. The van der Waals surface area contributed by atoms with Crippen LogP contribution >= 0.6 is 11.6 Å². The van der Waals surface area contributed by atoms with Gasteiger partial charge in [0.15, 0.2) is 0 Å².